The Bertz CT molecular complexity index is 743. The fraction of sp³-hybridized carbons (Fsp3) is 0.312. The second-order valence-corrected chi connectivity index (χ2v) is 6.50. The van der Waals surface area contributed by atoms with E-state index in [0.29, 0.717) is 10.7 Å². The van der Waals surface area contributed by atoms with Crippen molar-refractivity contribution in [3.05, 3.63) is 40.4 Å². The van der Waals surface area contributed by atoms with Crippen LogP contribution < -0.4 is 10.1 Å². The minimum absolute atomic E-state index is 0.0278. The van der Waals surface area contributed by atoms with Crippen LogP contribution in [0.1, 0.15) is 16.1 Å². The molecule has 25 heavy (non-hydrogen) atoms. The number of amides is 2. The van der Waals surface area contributed by atoms with Gasteiger partial charge in [-0.25, -0.2) is 4.98 Å². The van der Waals surface area contributed by atoms with E-state index in [1.807, 2.05) is 13.8 Å². The van der Waals surface area contributed by atoms with Gasteiger partial charge in [0.25, 0.3) is 0 Å². The molecule has 0 unspecified atom stereocenters. The molecule has 0 spiro atoms. The Morgan fingerprint density at radius 1 is 1.28 bits per heavy atom. The summed E-state index contributed by atoms with van der Waals surface area (Å²) in [6.07, 6.45) is 0. The van der Waals surface area contributed by atoms with Crippen molar-refractivity contribution < 1.29 is 23.1 Å². The summed E-state index contributed by atoms with van der Waals surface area (Å²) in [5.74, 6) is -1.48. The second-order valence-electron chi connectivity index (χ2n) is 5.30. The van der Waals surface area contributed by atoms with Crippen LogP contribution in [-0.4, -0.2) is 35.4 Å². The molecular weight excluding hydrogens is 352 g/mol. The highest BCUT2D eigenvalue weighted by Gasteiger charge is 2.20. The zero-order chi connectivity index (χ0) is 18.6. The molecular formula is C16H17F2N3O3S. The number of likely N-dealkylation sites (N-methyl/N-ethyl adjacent to an activating group) is 1. The summed E-state index contributed by atoms with van der Waals surface area (Å²) in [4.78, 5) is 30.5. The first-order valence-corrected chi connectivity index (χ1v) is 8.12. The number of alkyl halides is 2. The lowest BCUT2D eigenvalue weighted by molar-refractivity contribution is -0.142. The van der Waals surface area contributed by atoms with Crippen LogP contribution in [0.25, 0.3) is 0 Å². The van der Waals surface area contributed by atoms with Crippen LogP contribution in [0.4, 0.5) is 13.9 Å². The summed E-state index contributed by atoms with van der Waals surface area (Å²) < 4.78 is 28.5. The Morgan fingerprint density at radius 2 is 1.92 bits per heavy atom. The third kappa shape index (κ3) is 5.21. The maximum absolute atomic E-state index is 12.1. The molecule has 0 bridgehead atoms. The molecule has 134 valence electrons. The van der Waals surface area contributed by atoms with Crippen molar-refractivity contribution in [3.8, 4) is 5.75 Å². The van der Waals surface area contributed by atoms with Crippen LogP contribution in [0.3, 0.4) is 0 Å². The quantitative estimate of drug-likeness (QED) is 0.823. The van der Waals surface area contributed by atoms with Gasteiger partial charge >= 0.3 is 18.4 Å². The summed E-state index contributed by atoms with van der Waals surface area (Å²) in [5.41, 5.74) is 1.47. The number of rotatable bonds is 5. The first-order valence-electron chi connectivity index (χ1n) is 7.30. The summed E-state index contributed by atoms with van der Waals surface area (Å²) in [6.45, 7) is 0.948. The van der Waals surface area contributed by atoms with Crippen LogP contribution in [0, 0.1) is 13.8 Å². The van der Waals surface area contributed by atoms with Gasteiger partial charge in [0.2, 0.25) is 0 Å². The van der Waals surface area contributed by atoms with Crippen molar-refractivity contribution in [1.82, 2.24) is 9.88 Å². The van der Waals surface area contributed by atoms with Crippen molar-refractivity contribution >= 4 is 28.3 Å². The molecule has 2 amide bonds. The average molecular weight is 369 g/mol. The minimum Gasteiger partial charge on any atom is -0.435 e. The van der Waals surface area contributed by atoms with E-state index in [9.17, 15) is 18.4 Å². The number of hydrogen-bond donors (Lipinski definition) is 1. The molecule has 0 fully saturated rings. The number of hydrogen-bond acceptors (Lipinski definition) is 5. The van der Waals surface area contributed by atoms with E-state index in [-0.39, 0.29) is 12.3 Å². The van der Waals surface area contributed by atoms with Gasteiger partial charge in [0.1, 0.15) is 5.75 Å². The summed E-state index contributed by atoms with van der Waals surface area (Å²) in [7, 11) is 1.48. The van der Waals surface area contributed by atoms with Crippen molar-refractivity contribution in [2.45, 2.75) is 27.0 Å². The zero-order valence-electron chi connectivity index (χ0n) is 13.9. The van der Waals surface area contributed by atoms with Gasteiger partial charge in [-0.3, -0.25) is 14.9 Å². The fourth-order valence-electron chi connectivity index (χ4n) is 1.97. The molecule has 2 rings (SSSR count). The highest BCUT2D eigenvalue weighted by Crippen LogP contribution is 2.21. The van der Waals surface area contributed by atoms with Crippen molar-refractivity contribution in [3.63, 3.8) is 0 Å². The van der Waals surface area contributed by atoms with Gasteiger partial charge in [-0.1, -0.05) is 12.1 Å². The average Bonchev–Trinajstić information content (AvgIpc) is 2.85. The number of nitrogens with one attached hydrogen (secondary N) is 1. The Kier molecular flexibility index (Phi) is 6.02. The molecule has 2 aromatic rings. The first kappa shape index (κ1) is 18.8. The number of anilines is 1. The van der Waals surface area contributed by atoms with Crippen molar-refractivity contribution in [2.75, 3.05) is 12.4 Å². The molecule has 0 aliphatic heterocycles. The zero-order valence-corrected chi connectivity index (χ0v) is 14.7. The molecule has 9 heteroatoms. The number of benzene rings is 1. The molecule has 0 aliphatic carbocycles. The predicted octanol–water partition coefficient (Wildman–Crippen LogP) is 2.96. The minimum atomic E-state index is -2.89. The molecule has 0 atom stereocenters. The number of ether oxygens (including phenoxy) is 1. The van der Waals surface area contributed by atoms with Gasteiger partial charge in [0, 0.05) is 18.5 Å². The van der Waals surface area contributed by atoms with E-state index in [0.717, 1.165) is 10.6 Å². The lowest BCUT2D eigenvalue weighted by Gasteiger charge is -2.16. The van der Waals surface area contributed by atoms with Crippen LogP contribution in [0.2, 0.25) is 0 Å². The summed E-state index contributed by atoms with van der Waals surface area (Å²) in [6, 6.07) is 5.85. The normalized spacial score (nSPS) is 10.6. The van der Waals surface area contributed by atoms with Gasteiger partial charge < -0.3 is 9.64 Å². The maximum Gasteiger partial charge on any atom is 0.387 e. The monoisotopic (exact) mass is 369 g/mol. The summed E-state index contributed by atoms with van der Waals surface area (Å²) >= 11 is 1.29. The molecule has 0 saturated heterocycles. The first-order chi connectivity index (χ1) is 11.8. The molecule has 0 saturated carbocycles. The van der Waals surface area contributed by atoms with E-state index in [4.69, 9.17) is 0 Å². The van der Waals surface area contributed by atoms with E-state index in [1.165, 1.54) is 35.4 Å². The molecule has 1 heterocycles. The lowest BCUT2D eigenvalue weighted by Crippen LogP contribution is -2.36. The van der Waals surface area contributed by atoms with E-state index < -0.39 is 18.4 Å². The van der Waals surface area contributed by atoms with E-state index >= 15 is 0 Å². The largest absolute Gasteiger partial charge is 0.435 e. The van der Waals surface area contributed by atoms with Crippen molar-refractivity contribution in [1.29, 1.82) is 0 Å². The number of carbonyl (C=O) groups is 2. The molecule has 6 nitrogen and oxygen atoms in total. The number of halogens is 2. The van der Waals surface area contributed by atoms with Crippen LogP contribution >= 0.6 is 11.3 Å². The molecule has 1 N–H and O–H groups in total. The van der Waals surface area contributed by atoms with Gasteiger partial charge in [0.15, 0.2) is 5.13 Å². The molecule has 0 radical (unpaired) electrons. The van der Waals surface area contributed by atoms with Gasteiger partial charge in [-0.05, 0) is 31.5 Å². The Hall–Kier alpha value is -2.55. The SMILES string of the molecule is Cc1nc(NC(=O)C(=O)N(C)Cc2ccc(OC(F)F)cc2)sc1C. The smallest absolute Gasteiger partial charge is 0.387 e. The summed E-state index contributed by atoms with van der Waals surface area (Å²) in [5, 5.41) is 2.85. The number of nitrogens with zero attached hydrogens (tertiary/aromatic N) is 2. The highest BCUT2D eigenvalue weighted by atomic mass is 32.1. The van der Waals surface area contributed by atoms with Crippen molar-refractivity contribution in [2.24, 2.45) is 0 Å². The number of carbonyl (C=O) groups excluding carboxylic acids is 2. The second kappa shape index (κ2) is 8.02. The number of aromatic nitrogens is 1. The Balaban J connectivity index is 1.93. The fourth-order valence-corrected chi connectivity index (χ4v) is 2.78. The van der Waals surface area contributed by atoms with Crippen LogP contribution in [0.5, 0.6) is 5.75 Å². The lowest BCUT2D eigenvalue weighted by atomic mass is 10.2. The third-order valence-electron chi connectivity index (χ3n) is 3.36. The third-order valence-corrected chi connectivity index (χ3v) is 4.35. The standard InChI is InChI=1S/C16H17F2N3O3S/c1-9-10(2)25-16(19-9)20-13(22)14(23)21(3)8-11-4-6-12(7-5-11)24-15(17)18/h4-7,15H,8H2,1-3H3,(H,19,20,22). The predicted molar refractivity (Wildman–Crippen MR) is 89.8 cm³/mol. The van der Waals surface area contributed by atoms with Crippen LogP contribution in [-0.2, 0) is 16.1 Å². The molecule has 1 aromatic carbocycles. The van der Waals surface area contributed by atoms with Gasteiger partial charge in [0.05, 0.1) is 5.69 Å². The van der Waals surface area contributed by atoms with E-state index in [1.54, 1.807) is 12.1 Å². The Labute approximate surface area is 147 Å². The topological polar surface area (TPSA) is 71.5 Å². The molecule has 1 aromatic heterocycles. The van der Waals surface area contributed by atoms with Crippen LogP contribution in [0.15, 0.2) is 24.3 Å². The number of aryl methyl sites for hydroxylation is 2. The maximum atomic E-state index is 12.1. The van der Waals surface area contributed by atoms with E-state index in [2.05, 4.69) is 15.0 Å². The highest BCUT2D eigenvalue weighted by molar-refractivity contribution is 7.15. The number of thiazole rings is 1. The van der Waals surface area contributed by atoms with Gasteiger partial charge in [-0.2, -0.15) is 8.78 Å². The van der Waals surface area contributed by atoms with Gasteiger partial charge in [-0.15, -0.1) is 11.3 Å². The molecule has 0 aliphatic rings. The Morgan fingerprint density at radius 3 is 2.44 bits per heavy atom.